The molecule has 0 aliphatic rings. The number of ether oxygens (including phenoxy) is 1. The summed E-state index contributed by atoms with van der Waals surface area (Å²) in [6.07, 6.45) is 2.28. The highest BCUT2D eigenvalue weighted by atomic mass is 16.6. The molecule has 0 saturated carbocycles. The van der Waals surface area contributed by atoms with Crippen LogP contribution in [0, 0.1) is 5.41 Å². The van der Waals surface area contributed by atoms with Crippen molar-refractivity contribution >= 4 is 46.6 Å². The summed E-state index contributed by atoms with van der Waals surface area (Å²) in [6, 6.07) is 5.33. The first-order valence-electron chi connectivity index (χ1n) is 11.5. The van der Waals surface area contributed by atoms with Crippen LogP contribution in [0.25, 0.3) is 10.9 Å². The summed E-state index contributed by atoms with van der Waals surface area (Å²) < 4.78 is 5.17. The SMILES string of the molecule is CC(=O)N[C@@H](Cc1c[nH]c2ccccc12)C(=O)N[C@@H](CCC(=O)C=N)C(=O)NCC(=O)OC(C)(C)C. The van der Waals surface area contributed by atoms with Crippen molar-refractivity contribution in [3.8, 4) is 0 Å². The van der Waals surface area contributed by atoms with Crippen molar-refractivity contribution in [1.82, 2.24) is 20.9 Å². The van der Waals surface area contributed by atoms with E-state index in [1.807, 2.05) is 24.3 Å². The van der Waals surface area contributed by atoms with Crippen LogP contribution in [0.3, 0.4) is 0 Å². The molecule has 1 heterocycles. The second kappa shape index (κ2) is 12.6. The number of benzene rings is 1. The van der Waals surface area contributed by atoms with Gasteiger partial charge < -0.3 is 31.1 Å². The molecule has 0 aliphatic heterocycles. The molecule has 1 aromatic heterocycles. The van der Waals surface area contributed by atoms with Crippen molar-refractivity contribution in [2.24, 2.45) is 0 Å². The fourth-order valence-corrected chi connectivity index (χ4v) is 3.54. The van der Waals surface area contributed by atoms with Crippen LogP contribution in [0.2, 0.25) is 0 Å². The Kier molecular flexibility index (Phi) is 9.89. The zero-order valence-electron chi connectivity index (χ0n) is 20.9. The minimum absolute atomic E-state index is 0.0972. The molecule has 2 rings (SSSR count). The average Bonchev–Trinajstić information content (AvgIpc) is 3.20. The Morgan fingerprint density at radius 3 is 2.39 bits per heavy atom. The van der Waals surface area contributed by atoms with Crippen molar-refractivity contribution in [3.63, 3.8) is 0 Å². The van der Waals surface area contributed by atoms with Crippen molar-refractivity contribution in [2.75, 3.05) is 6.54 Å². The Labute approximate surface area is 209 Å². The summed E-state index contributed by atoms with van der Waals surface area (Å²) in [4.78, 5) is 64.5. The minimum atomic E-state index is -1.18. The Morgan fingerprint density at radius 1 is 1.06 bits per heavy atom. The van der Waals surface area contributed by atoms with Crippen LogP contribution in [0.1, 0.15) is 46.1 Å². The van der Waals surface area contributed by atoms with Gasteiger partial charge in [-0.3, -0.25) is 24.0 Å². The fraction of sp³-hybridized carbons (Fsp3) is 0.440. The monoisotopic (exact) mass is 499 g/mol. The highest BCUT2D eigenvalue weighted by Gasteiger charge is 2.28. The topological polar surface area (TPSA) is 170 Å². The quantitative estimate of drug-likeness (QED) is 0.217. The molecular formula is C25H33N5O6. The van der Waals surface area contributed by atoms with Gasteiger partial charge in [0, 0.05) is 36.9 Å². The lowest BCUT2D eigenvalue weighted by Crippen LogP contribution is -2.54. The third-order valence-corrected chi connectivity index (χ3v) is 5.09. The minimum Gasteiger partial charge on any atom is -0.459 e. The molecule has 0 bridgehead atoms. The average molecular weight is 500 g/mol. The van der Waals surface area contributed by atoms with E-state index >= 15 is 0 Å². The molecule has 194 valence electrons. The molecule has 11 nitrogen and oxygen atoms in total. The molecule has 36 heavy (non-hydrogen) atoms. The molecule has 0 radical (unpaired) electrons. The lowest BCUT2D eigenvalue weighted by Gasteiger charge is -2.23. The molecule has 11 heteroatoms. The molecule has 0 spiro atoms. The van der Waals surface area contributed by atoms with Crippen LogP contribution in [-0.4, -0.2) is 64.9 Å². The highest BCUT2D eigenvalue weighted by Crippen LogP contribution is 2.19. The van der Waals surface area contributed by atoms with Gasteiger partial charge >= 0.3 is 5.97 Å². The van der Waals surface area contributed by atoms with Crippen molar-refractivity contribution < 1.29 is 28.7 Å². The Hall–Kier alpha value is -4.02. The zero-order valence-corrected chi connectivity index (χ0v) is 20.9. The number of nitrogens with one attached hydrogen (secondary N) is 5. The number of rotatable bonds is 12. The molecule has 2 atom stereocenters. The molecular weight excluding hydrogens is 466 g/mol. The first kappa shape index (κ1) is 28.2. The number of aromatic amines is 1. The Morgan fingerprint density at radius 2 is 1.75 bits per heavy atom. The number of hydrogen-bond donors (Lipinski definition) is 5. The van der Waals surface area contributed by atoms with E-state index in [9.17, 15) is 24.0 Å². The predicted octanol–water partition coefficient (Wildman–Crippen LogP) is 1.16. The Bertz CT molecular complexity index is 1130. The third-order valence-electron chi connectivity index (χ3n) is 5.09. The first-order chi connectivity index (χ1) is 16.9. The fourth-order valence-electron chi connectivity index (χ4n) is 3.54. The smallest absolute Gasteiger partial charge is 0.325 e. The molecule has 2 aromatic rings. The van der Waals surface area contributed by atoms with E-state index in [2.05, 4.69) is 20.9 Å². The number of hydrogen-bond acceptors (Lipinski definition) is 7. The lowest BCUT2D eigenvalue weighted by molar-refractivity contribution is -0.154. The number of H-pyrrole nitrogens is 1. The van der Waals surface area contributed by atoms with Gasteiger partial charge in [-0.1, -0.05) is 18.2 Å². The predicted molar refractivity (Wildman–Crippen MR) is 133 cm³/mol. The van der Waals surface area contributed by atoms with E-state index in [4.69, 9.17) is 10.1 Å². The Balaban J connectivity index is 2.16. The number of para-hydroxylation sites is 1. The maximum atomic E-state index is 13.2. The number of carbonyl (C=O) groups excluding carboxylic acids is 5. The summed E-state index contributed by atoms with van der Waals surface area (Å²) in [5.74, 6) is -2.94. The molecule has 0 unspecified atom stereocenters. The number of carbonyl (C=O) groups is 5. The van der Waals surface area contributed by atoms with Gasteiger partial charge in [0.05, 0.1) is 6.21 Å². The van der Waals surface area contributed by atoms with Crippen molar-refractivity contribution in [3.05, 3.63) is 36.0 Å². The van der Waals surface area contributed by atoms with Crippen LogP contribution in [0.15, 0.2) is 30.5 Å². The van der Waals surface area contributed by atoms with E-state index in [0.29, 0.717) is 6.21 Å². The molecule has 0 fully saturated rings. The van der Waals surface area contributed by atoms with E-state index in [1.165, 1.54) is 6.92 Å². The summed E-state index contributed by atoms with van der Waals surface area (Å²) >= 11 is 0. The largest absolute Gasteiger partial charge is 0.459 e. The standard InChI is InChI=1S/C25H33N5O6/c1-15(31)29-21(11-16-13-27-19-8-6-5-7-18(16)19)24(35)30-20(10-9-17(32)12-26)23(34)28-14-22(33)36-25(2,3)4/h5-8,12-13,20-21,26-27H,9-11,14H2,1-4H3,(H,28,34)(H,29,31)(H,30,35)/t20-,21-/m0/s1. The van der Waals surface area contributed by atoms with Gasteiger partial charge in [0.25, 0.3) is 0 Å². The second-order valence-electron chi connectivity index (χ2n) is 9.33. The van der Waals surface area contributed by atoms with Crippen LogP contribution < -0.4 is 16.0 Å². The number of aromatic nitrogens is 1. The van der Waals surface area contributed by atoms with Crippen LogP contribution >= 0.6 is 0 Å². The van der Waals surface area contributed by atoms with E-state index in [1.54, 1.807) is 27.0 Å². The van der Waals surface area contributed by atoms with Crippen molar-refractivity contribution in [1.29, 1.82) is 5.41 Å². The molecule has 3 amide bonds. The summed E-state index contributed by atoms with van der Waals surface area (Å²) in [7, 11) is 0. The van der Waals surface area contributed by atoms with Crippen LogP contribution in [-0.2, 0) is 35.1 Å². The van der Waals surface area contributed by atoms with Gasteiger partial charge in [-0.05, 0) is 38.8 Å². The van der Waals surface area contributed by atoms with Gasteiger partial charge in [0.15, 0.2) is 5.78 Å². The van der Waals surface area contributed by atoms with Gasteiger partial charge in [-0.2, -0.15) is 0 Å². The third kappa shape index (κ3) is 8.97. The second-order valence-corrected chi connectivity index (χ2v) is 9.33. The zero-order chi connectivity index (χ0) is 26.9. The summed E-state index contributed by atoms with van der Waals surface area (Å²) in [6.45, 7) is 5.92. The number of ketones is 1. The molecule has 1 aromatic carbocycles. The summed E-state index contributed by atoms with van der Waals surface area (Å²) in [5, 5.41) is 15.6. The highest BCUT2D eigenvalue weighted by molar-refractivity contribution is 6.26. The maximum absolute atomic E-state index is 13.2. The number of Topliss-reactive ketones (excluding diaryl/α,β-unsaturated/α-hetero) is 1. The first-order valence-corrected chi connectivity index (χ1v) is 11.5. The van der Waals surface area contributed by atoms with Gasteiger partial charge in [-0.25, -0.2) is 0 Å². The van der Waals surface area contributed by atoms with E-state index < -0.39 is 53.7 Å². The van der Waals surface area contributed by atoms with Crippen LogP contribution in [0.4, 0.5) is 0 Å². The number of fused-ring (bicyclic) bond motifs is 1. The normalized spacial score (nSPS) is 12.8. The van der Waals surface area contributed by atoms with E-state index in [0.717, 1.165) is 16.5 Å². The van der Waals surface area contributed by atoms with Gasteiger partial charge in [-0.15, -0.1) is 0 Å². The van der Waals surface area contributed by atoms with Crippen molar-refractivity contribution in [2.45, 2.75) is 64.6 Å². The van der Waals surface area contributed by atoms with Crippen LogP contribution in [0.5, 0.6) is 0 Å². The molecule has 0 saturated heterocycles. The van der Waals surface area contributed by atoms with Gasteiger partial charge in [0.2, 0.25) is 17.7 Å². The van der Waals surface area contributed by atoms with Gasteiger partial charge in [0.1, 0.15) is 24.2 Å². The summed E-state index contributed by atoms with van der Waals surface area (Å²) in [5.41, 5.74) is 0.934. The molecule has 5 N–H and O–H groups in total. The maximum Gasteiger partial charge on any atom is 0.325 e. The lowest BCUT2D eigenvalue weighted by atomic mass is 10.0. The molecule has 0 aliphatic carbocycles. The number of amides is 3. The van der Waals surface area contributed by atoms with E-state index in [-0.39, 0.29) is 19.3 Å². The number of esters is 1.